The first kappa shape index (κ1) is 9.93. The molecule has 2 unspecified atom stereocenters. The first-order valence-corrected chi connectivity index (χ1v) is 4.91. The Morgan fingerprint density at radius 3 is 3.00 bits per heavy atom. The summed E-state index contributed by atoms with van der Waals surface area (Å²) in [4.78, 5) is 0. The lowest BCUT2D eigenvalue weighted by atomic mass is 10.1. The Bertz CT molecular complexity index is 119. The van der Waals surface area contributed by atoms with Gasteiger partial charge in [-0.25, -0.2) is 4.39 Å². The molecule has 1 aliphatic rings. The second kappa shape index (κ2) is 5.49. The van der Waals surface area contributed by atoms with Crippen LogP contribution in [-0.4, -0.2) is 25.9 Å². The third kappa shape index (κ3) is 3.50. The Balaban J connectivity index is 1.93. The summed E-state index contributed by atoms with van der Waals surface area (Å²) in [6.07, 6.45) is 2.36. The molecule has 72 valence electrons. The van der Waals surface area contributed by atoms with Crippen molar-refractivity contribution in [3.63, 3.8) is 0 Å². The lowest BCUT2D eigenvalue weighted by Gasteiger charge is -2.08. The number of halogens is 1. The molecule has 1 fully saturated rings. The van der Waals surface area contributed by atoms with Crippen LogP contribution in [0.5, 0.6) is 0 Å². The van der Waals surface area contributed by atoms with Gasteiger partial charge in [-0.1, -0.05) is 13.3 Å². The van der Waals surface area contributed by atoms with Crippen LogP contribution in [-0.2, 0) is 0 Å². The van der Waals surface area contributed by atoms with Crippen LogP contribution in [0, 0.1) is 5.92 Å². The van der Waals surface area contributed by atoms with Gasteiger partial charge in [0.15, 0.2) is 6.30 Å². The normalized spacial score (nSPS) is 29.5. The van der Waals surface area contributed by atoms with Gasteiger partial charge in [-0.15, -0.1) is 0 Å². The first-order valence-electron chi connectivity index (χ1n) is 4.91. The van der Waals surface area contributed by atoms with Gasteiger partial charge in [0.25, 0.3) is 0 Å². The molecular formula is C9H19FN2. The fraction of sp³-hybridized carbons (Fsp3) is 1.00. The van der Waals surface area contributed by atoms with Crippen LogP contribution in [0.3, 0.4) is 0 Å². The third-order valence-corrected chi connectivity index (χ3v) is 2.31. The molecule has 0 aromatic carbocycles. The van der Waals surface area contributed by atoms with Crippen molar-refractivity contribution < 1.29 is 4.39 Å². The molecule has 1 heterocycles. The molecule has 12 heavy (non-hydrogen) atoms. The summed E-state index contributed by atoms with van der Waals surface area (Å²) in [5.41, 5.74) is 0. The number of rotatable bonds is 5. The quantitative estimate of drug-likeness (QED) is 0.484. The van der Waals surface area contributed by atoms with E-state index in [1.54, 1.807) is 0 Å². The highest BCUT2D eigenvalue weighted by Gasteiger charge is 2.22. The van der Waals surface area contributed by atoms with E-state index in [1.165, 1.54) is 12.8 Å². The largest absolute Gasteiger partial charge is 0.316 e. The summed E-state index contributed by atoms with van der Waals surface area (Å²) in [7, 11) is 0. The number of unbranched alkanes of at least 4 members (excludes halogenated alkanes) is 1. The zero-order chi connectivity index (χ0) is 8.81. The fourth-order valence-corrected chi connectivity index (χ4v) is 1.52. The van der Waals surface area contributed by atoms with Gasteiger partial charge in [0.2, 0.25) is 0 Å². The first-order chi connectivity index (χ1) is 5.83. The van der Waals surface area contributed by atoms with Crippen LogP contribution >= 0.6 is 0 Å². The average molecular weight is 174 g/mol. The Hall–Kier alpha value is -0.150. The minimum Gasteiger partial charge on any atom is -0.316 e. The second-order valence-electron chi connectivity index (χ2n) is 3.54. The number of alkyl halides is 1. The van der Waals surface area contributed by atoms with Gasteiger partial charge >= 0.3 is 0 Å². The van der Waals surface area contributed by atoms with Crippen molar-refractivity contribution in [3.8, 4) is 0 Å². The molecule has 2 atom stereocenters. The van der Waals surface area contributed by atoms with E-state index in [0.717, 1.165) is 19.6 Å². The van der Waals surface area contributed by atoms with E-state index in [2.05, 4.69) is 17.6 Å². The Morgan fingerprint density at radius 1 is 1.58 bits per heavy atom. The average Bonchev–Trinajstić information content (AvgIpc) is 2.45. The lowest BCUT2D eigenvalue weighted by Crippen LogP contribution is -2.25. The highest BCUT2D eigenvalue weighted by molar-refractivity contribution is 4.76. The molecule has 3 heteroatoms. The highest BCUT2D eigenvalue weighted by atomic mass is 19.1. The van der Waals surface area contributed by atoms with Crippen molar-refractivity contribution >= 4 is 0 Å². The molecule has 0 aliphatic carbocycles. The van der Waals surface area contributed by atoms with Gasteiger partial charge in [-0.3, -0.25) is 5.32 Å². The van der Waals surface area contributed by atoms with E-state index in [-0.39, 0.29) is 0 Å². The summed E-state index contributed by atoms with van der Waals surface area (Å²) in [5, 5.41) is 6.15. The Kier molecular flexibility index (Phi) is 4.54. The van der Waals surface area contributed by atoms with E-state index < -0.39 is 6.30 Å². The van der Waals surface area contributed by atoms with E-state index in [1.807, 2.05) is 0 Å². The van der Waals surface area contributed by atoms with Gasteiger partial charge in [0.1, 0.15) is 0 Å². The lowest BCUT2D eigenvalue weighted by molar-refractivity contribution is 0.302. The molecule has 1 aliphatic heterocycles. The van der Waals surface area contributed by atoms with Crippen LogP contribution in [0.25, 0.3) is 0 Å². The van der Waals surface area contributed by atoms with Crippen LogP contribution in [0.15, 0.2) is 0 Å². The number of hydrogen-bond donors (Lipinski definition) is 2. The molecule has 0 radical (unpaired) electrons. The molecule has 0 amide bonds. The number of nitrogens with one attached hydrogen (secondary N) is 2. The summed E-state index contributed by atoms with van der Waals surface area (Å²) >= 11 is 0. The van der Waals surface area contributed by atoms with Crippen LogP contribution < -0.4 is 10.6 Å². The maximum atomic E-state index is 12.6. The van der Waals surface area contributed by atoms with Gasteiger partial charge < -0.3 is 5.32 Å². The van der Waals surface area contributed by atoms with Crippen molar-refractivity contribution in [2.75, 3.05) is 19.6 Å². The predicted molar refractivity (Wildman–Crippen MR) is 48.8 cm³/mol. The molecule has 0 spiro atoms. The molecule has 1 saturated heterocycles. The van der Waals surface area contributed by atoms with Gasteiger partial charge in [0, 0.05) is 6.54 Å². The second-order valence-corrected chi connectivity index (χ2v) is 3.54. The maximum absolute atomic E-state index is 12.6. The molecular weight excluding hydrogens is 155 g/mol. The fourth-order valence-electron chi connectivity index (χ4n) is 1.52. The molecule has 0 aromatic heterocycles. The molecule has 1 rings (SSSR count). The SMILES string of the molecule is CCCCNCC1CNC(F)C1. The molecule has 0 saturated carbocycles. The summed E-state index contributed by atoms with van der Waals surface area (Å²) < 4.78 is 12.6. The minimum atomic E-state index is -0.761. The third-order valence-electron chi connectivity index (χ3n) is 2.31. The van der Waals surface area contributed by atoms with Crippen molar-refractivity contribution in [2.24, 2.45) is 5.92 Å². The minimum absolute atomic E-state index is 0.497. The van der Waals surface area contributed by atoms with Gasteiger partial charge in [-0.2, -0.15) is 0 Å². The van der Waals surface area contributed by atoms with Crippen molar-refractivity contribution in [2.45, 2.75) is 32.5 Å². The molecule has 0 aromatic rings. The Morgan fingerprint density at radius 2 is 2.42 bits per heavy atom. The van der Waals surface area contributed by atoms with Crippen LogP contribution in [0.2, 0.25) is 0 Å². The zero-order valence-corrected chi connectivity index (χ0v) is 7.78. The zero-order valence-electron chi connectivity index (χ0n) is 7.78. The Labute approximate surface area is 73.9 Å². The van der Waals surface area contributed by atoms with Gasteiger partial charge in [-0.05, 0) is 31.8 Å². The molecule has 0 bridgehead atoms. The topological polar surface area (TPSA) is 24.1 Å². The summed E-state index contributed by atoms with van der Waals surface area (Å²) in [6, 6.07) is 0. The van der Waals surface area contributed by atoms with Crippen molar-refractivity contribution in [3.05, 3.63) is 0 Å². The number of hydrogen-bond acceptors (Lipinski definition) is 2. The van der Waals surface area contributed by atoms with E-state index in [9.17, 15) is 4.39 Å². The summed E-state index contributed by atoms with van der Waals surface area (Å²) in [6.45, 7) is 5.05. The molecule has 2 nitrogen and oxygen atoms in total. The van der Waals surface area contributed by atoms with Crippen LogP contribution in [0.1, 0.15) is 26.2 Å². The standard InChI is InChI=1S/C9H19FN2/c1-2-3-4-11-6-8-5-9(10)12-7-8/h8-9,11-12H,2-7H2,1H3. The summed E-state index contributed by atoms with van der Waals surface area (Å²) in [5.74, 6) is 0.497. The van der Waals surface area contributed by atoms with Crippen molar-refractivity contribution in [1.82, 2.24) is 10.6 Å². The van der Waals surface area contributed by atoms with E-state index in [4.69, 9.17) is 0 Å². The molecule has 2 N–H and O–H groups in total. The van der Waals surface area contributed by atoms with E-state index >= 15 is 0 Å². The predicted octanol–water partition coefficient (Wildman–Crippen LogP) is 1.28. The van der Waals surface area contributed by atoms with E-state index in [0.29, 0.717) is 12.3 Å². The monoisotopic (exact) mass is 174 g/mol. The van der Waals surface area contributed by atoms with Gasteiger partial charge in [0.05, 0.1) is 0 Å². The van der Waals surface area contributed by atoms with Crippen LogP contribution in [0.4, 0.5) is 4.39 Å². The smallest absolute Gasteiger partial charge is 0.151 e. The highest BCUT2D eigenvalue weighted by Crippen LogP contribution is 2.13. The van der Waals surface area contributed by atoms with Crippen molar-refractivity contribution in [1.29, 1.82) is 0 Å². The maximum Gasteiger partial charge on any atom is 0.151 e.